The van der Waals surface area contributed by atoms with Gasteiger partial charge in [0.15, 0.2) is 12.2 Å². The van der Waals surface area contributed by atoms with Crippen LogP contribution in [0.2, 0.25) is 0 Å². The second-order valence-electron chi connectivity index (χ2n) is 27.3. The molecular weight excluding hydrogens is 1230 g/mol. The average molecular weight is 1380 g/mol. The average Bonchev–Trinajstić information content (AvgIpc) is 1.47. The number of carbonyl (C=O) groups excluding carboxylic acids is 4. The van der Waals surface area contributed by atoms with E-state index >= 15 is 0 Å². The van der Waals surface area contributed by atoms with Crippen LogP contribution in [-0.4, -0.2) is 96.7 Å². The topological polar surface area (TPSA) is 237 Å². The van der Waals surface area contributed by atoms with Crippen LogP contribution in [0.1, 0.15) is 394 Å². The van der Waals surface area contributed by atoms with E-state index in [1.54, 1.807) is 0 Å². The molecule has 0 amide bonds. The van der Waals surface area contributed by atoms with Crippen LogP contribution in [0.4, 0.5) is 0 Å². The van der Waals surface area contributed by atoms with E-state index in [-0.39, 0.29) is 25.7 Å². The Morgan fingerprint density at radius 3 is 0.755 bits per heavy atom. The molecular formula is C75H146O17P2. The van der Waals surface area contributed by atoms with Gasteiger partial charge >= 0.3 is 39.5 Å². The van der Waals surface area contributed by atoms with Crippen molar-refractivity contribution in [3.8, 4) is 0 Å². The number of phosphoric ester groups is 2. The summed E-state index contributed by atoms with van der Waals surface area (Å²) < 4.78 is 68.5. The lowest BCUT2D eigenvalue weighted by molar-refractivity contribution is -0.161. The van der Waals surface area contributed by atoms with Crippen LogP contribution < -0.4 is 0 Å². The SMILES string of the molecule is CCCCCCCCCCCCCCCCCCCC(=O)O[C@H](COC(=O)CCCCCCCCCCCCC(C)CC)COP(=O)(O)OC[C@@H](O)COP(=O)(O)OC[C@@H](COC(=O)CCCCCCCCCCCCC)OC(=O)CCCCCCCCCCCCCC. The Kier molecular flexibility index (Phi) is 66.8. The van der Waals surface area contributed by atoms with Crippen LogP contribution in [0.15, 0.2) is 0 Å². The van der Waals surface area contributed by atoms with Gasteiger partial charge in [-0.3, -0.25) is 37.3 Å². The number of aliphatic hydroxyl groups is 1. The summed E-state index contributed by atoms with van der Waals surface area (Å²) in [7, 11) is -9.91. The molecule has 94 heavy (non-hydrogen) atoms. The lowest BCUT2D eigenvalue weighted by Crippen LogP contribution is -2.30. The maximum absolute atomic E-state index is 13.1. The maximum atomic E-state index is 13.1. The fourth-order valence-electron chi connectivity index (χ4n) is 11.5. The molecule has 558 valence electrons. The molecule has 0 radical (unpaired) electrons. The van der Waals surface area contributed by atoms with E-state index in [0.29, 0.717) is 25.7 Å². The van der Waals surface area contributed by atoms with Gasteiger partial charge in [-0.05, 0) is 31.6 Å². The Bertz CT molecular complexity index is 1810. The van der Waals surface area contributed by atoms with Gasteiger partial charge in [0.25, 0.3) is 0 Å². The molecule has 3 unspecified atom stereocenters. The molecule has 0 spiro atoms. The molecule has 0 rings (SSSR count). The van der Waals surface area contributed by atoms with Crippen molar-refractivity contribution in [3.05, 3.63) is 0 Å². The van der Waals surface area contributed by atoms with Gasteiger partial charge in [-0.15, -0.1) is 0 Å². The van der Waals surface area contributed by atoms with E-state index in [1.807, 2.05) is 0 Å². The quantitative estimate of drug-likeness (QED) is 0.0222. The first-order chi connectivity index (χ1) is 45.6. The fraction of sp³-hybridized carbons (Fsp3) is 0.947. The Balaban J connectivity index is 5.25. The third kappa shape index (κ3) is 67.3. The normalized spacial score (nSPS) is 14.3. The molecule has 17 nitrogen and oxygen atoms in total. The van der Waals surface area contributed by atoms with Crippen molar-refractivity contribution in [2.45, 2.75) is 412 Å². The molecule has 0 saturated heterocycles. The molecule has 0 aromatic heterocycles. The van der Waals surface area contributed by atoms with Gasteiger partial charge in [0.2, 0.25) is 0 Å². The molecule has 0 aliphatic heterocycles. The summed E-state index contributed by atoms with van der Waals surface area (Å²) >= 11 is 0. The summed E-state index contributed by atoms with van der Waals surface area (Å²) in [6.45, 7) is 7.32. The van der Waals surface area contributed by atoms with Gasteiger partial charge < -0.3 is 33.8 Å². The van der Waals surface area contributed by atoms with Crippen molar-refractivity contribution in [1.82, 2.24) is 0 Å². The first kappa shape index (κ1) is 92.1. The number of rotatable bonds is 75. The second-order valence-corrected chi connectivity index (χ2v) is 30.2. The summed E-state index contributed by atoms with van der Waals surface area (Å²) in [6.07, 6.45) is 56.6. The van der Waals surface area contributed by atoms with Gasteiger partial charge in [-0.1, -0.05) is 343 Å². The highest BCUT2D eigenvalue weighted by atomic mass is 31.2. The highest BCUT2D eigenvalue weighted by molar-refractivity contribution is 7.47. The minimum atomic E-state index is -4.96. The molecule has 0 aromatic rings. The predicted molar refractivity (Wildman–Crippen MR) is 382 cm³/mol. The molecule has 19 heteroatoms. The fourth-order valence-corrected chi connectivity index (χ4v) is 13.1. The van der Waals surface area contributed by atoms with Crippen LogP contribution in [0.5, 0.6) is 0 Å². The number of hydrogen-bond acceptors (Lipinski definition) is 15. The Labute approximate surface area is 575 Å². The molecule has 0 aliphatic rings. The monoisotopic (exact) mass is 1380 g/mol. The summed E-state index contributed by atoms with van der Waals surface area (Å²) in [5.74, 6) is -1.30. The number of phosphoric acid groups is 2. The predicted octanol–water partition coefficient (Wildman–Crippen LogP) is 22.1. The van der Waals surface area contributed by atoms with E-state index in [0.717, 1.165) is 95.8 Å². The minimum absolute atomic E-state index is 0.108. The van der Waals surface area contributed by atoms with Crippen molar-refractivity contribution in [3.63, 3.8) is 0 Å². The van der Waals surface area contributed by atoms with Crippen molar-refractivity contribution in [2.75, 3.05) is 39.6 Å². The molecule has 0 aromatic carbocycles. The summed E-state index contributed by atoms with van der Waals surface area (Å²) in [5.41, 5.74) is 0. The Morgan fingerprint density at radius 1 is 0.298 bits per heavy atom. The third-order valence-electron chi connectivity index (χ3n) is 17.9. The van der Waals surface area contributed by atoms with E-state index in [1.165, 1.54) is 218 Å². The van der Waals surface area contributed by atoms with E-state index in [2.05, 4.69) is 34.6 Å². The highest BCUT2D eigenvalue weighted by Crippen LogP contribution is 2.45. The van der Waals surface area contributed by atoms with E-state index in [9.17, 15) is 43.2 Å². The van der Waals surface area contributed by atoms with Gasteiger partial charge in [0.05, 0.1) is 26.4 Å². The molecule has 0 aliphatic carbocycles. The summed E-state index contributed by atoms with van der Waals surface area (Å²) in [4.78, 5) is 72.8. The first-order valence-corrected chi connectivity index (χ1v) is 42.2. The van der Waals surface area contributed by atoms with Gasteiger partial charge in [-0.2, -0.15) is 0 Å². The van der Waals surface area contributed by atoms with Crippen LogP contribution in [0.25, 0.3) is 0 Å². The number of ether oxygens (including phenoxy) is 4. The standard InChI is InChI=1S/C75H146O17P2/c1-6-10-13-16-19-22-25-27-28-29-30-31-34-41-46-51-56-61-75(80)92-71(65-86-73(78)59-54-49-44-39-36-35-37-42-47-52-57-68(5)9-4)67-90-94(83,84)88-63-69(76)62-87-93(81,82)89-66-70(64-85-72(77)58-53-48-43-38-32-24-21-18-15-12-8-3)91-74(79)60-55-50-45-40-33-26-23-20-17-14-11-7-2/h68-71,76H,6-67H2,1-5H3,(H,81,82)(H,83,84)/t68?,69-,70+,71+/m0/s1. The molecule has 0 bridgehead atoms. The van der Waals surface area contributed by atoms with Crippen LogP contribution in [0.3, 0.4) is 0 Å². The highest BCUT2D eigenvalue weighted by Gasteiger charge is 2.30. The largest absolute Gasteiger partial charge is 0.472 e. The van der Waals surface area contributed by atoms with Crippen molar-refractivity contribution in [2.24, 2.45) is 5.92 Å². The maximum Gasteiger partial charge on any atom is 0.472 e. The summed E-state index contributed by atoms with van der Waals surface area (Å²) in [6, 6.07) is 0. The third-order valence-corrected chi connectivity index (χ3v) is 19.8. The van der Waals surface area contributed by atoms with Crippen molar-refractivity contribution in [1.29, 1.82) is 0 Å². The number of unbranched alkanes of at least 4 members (excludes halogenated alkanes) is 46. The van der Waals surface area contributed by atoms with E-state index < -0.39 is 97.5 Å². The number of hydrogen-bond donors (Lipinski definition) is 3. The zero-order valence-electron chi connectivity index (χ0n) is 61.1. The van der Waals surface area contributed by atoms with Crippen molar-refractivity contribution >= 4 is 39.5 Å². The first-order valence-electron chi connectivity index (χ1n) is 39.2. The van der Waals surface area contributed by atoms with E-state index in [4.69, 9.17) is 37.0 Å². The number of carbonyl (C=O) groups is 4. The smallest absolute Gasteiger partial charge is 0.462 e. The number of esters is 4. The minimum Gasteiger partial charge on any atom is -0.462 e. The molecule has 0 heterocycles. The second kappa shape index (κ2) is 68.2. The Hall–Kier alpha value is -1.94. The lowest BCUT2D eigenvalue weighted by Gasteiger charge is -2.21. The van der Waals surface area contributed by atoms with Gasteiger partial charge in [0, 0.05) is 25.7 Å². The van der Waals surface area contributed by atoms with Crippen LogP contribution >= 0.6 is 15.6 Å². The lowest BCUT2D eigenvalue weighted by atomic mass is 9.99. The van der Waals surface area contributed by atoms with Crippen LogP contribution in [-0.2, 0) is 65.4 Å². The zero-order chi connectivity index (χ0) is 69.1. The molecule has 3 N–H and O–H groups in total. The summed E-state index contributed by atoms with van der Waals surface area (Å²) in [5, 5.41) is 10.6. The number of aliphatic hydroxyl groups excluding tert-OH is 1. The zero-order valence-corrected chi connectivity index (χ0v) is 62.9. The van der Waals surface area contributed by atoms with Crippen molar-refractivity contribution < 1.29 is 80.2 Å². The van der Waals surface area contributed by atoms with Crippen LogP contribution in [0, 0.1) is 5.92 Å². The molecule has 0 fully saturated rings. The Morgan fingerprint density at radius 2 is 0.511 bits per heavy atom. The van der Waals surface area contributed by atoms with Gasteiger partial charge in [-0.25, -0.2) is 9.13 Å². The molecule has 0 saturated carbocycles. The van der Waals surface area contributed by atoms with Gasteiger partial charge in [0.1, 0.15) is 19.3 Å². The molecule has 6 atom stereocenters.